The Morgan fingerprint density at radius 2 is 1.76 bits per heavy atom. The SMILES string of the molecule is CC1CN(c2ccc([N+](=O)[O-])cc2)CCN1C(=O)c1ccc(F)cc1. The number of nitrogens with zero attached hydrogens (tertiary/aromatic N) is 3. The number of piperazine rings is 1. The largest absolute Gasteiger partial charge is 0.368 e. The number of hydrogen-bond acceptors (Lipinski definition) is 4. The molecule has 1 aliphatic heterocycles. The van der Waals surface area contributed by atoms with Gasteiger partial charge in [-0.15, -0.1) is 0 Å². The minimum Gasteiger partial charge on any atom is -0.368 e. The highest BCUT2D eigenvalue weighted by Crippen LogP contribution is 2.23. The van der Waals surface area contributed by atoms with Gasteiger partial charge in [0.15, 0.2) is 0 Å². The zero-order valence-corrected chi connectivity index (χ0v) is 13.8. The van der Waals surface area contributed by atoms with Gasteiger partial charge in [0.05, 0.1) is 4.92 Å². The molecular weight excluding hydrogens is 325 g/mol. The van der Waals surface area contributed by atoms with E-state index in [9.17, 15) is 19.3 Å². The Morgan fingerprint density at radius 3 is 2.32 bits per heavy atom. The molecule has 3 rings (SSSR count). The highest BCUT2D eigenvalue weighted by Gasteiger charge is 2.28. The van der Waals surface area contributed by atoms with Crippen LogP contribution in [0.4, 0.5) is 15.8 Å². The Balaban J connectivity index is 1.68. The van der Waals surface area contributed by atoms with Crippen LogP contribution in [0.3, 0.4) is 0 Å². The van der Waals surface area contributed by atoms with Crippen molar-refractivity contribution >= 4 is 17.3 Å². The second-order valence-electron chi connectivity index (χ2n) is 6.07. The molecule has 1 saturated heterocycles. The molecule has 6 nitrogen and oxygen atoms in total. The smallest absolute Gasteiger partial charge is 0.269 e. The number of benzene rings is 2. The fourth-order valence-corrected chi connectivity index (χ4v) is 3.04. The molecule has 25 heavy (non-hydrogen) atoms. The third kappa shape index (κ3) is 3.60. The first-order valence-corrected chi connectivity index (χ1v) is 8.01. The Hall–Kier alpha value is -2.96. The van der Waals surface area contributed by atoms with Gasteiger partial charge in [-0.05, 0) is 43.3 Å². The van der Waals surface area contributed by atoms with Gasteiger partial charge < -0.3 is 9.80 Å². The summed E-state index contributed by atoms with van der Waals surface area (Å²) < 4.78 is 13.0. The van der Waals surface area contributed by atoms with Gasteiger partial charge in [-0.1, -0.05) is 0 Å². The van der Waals surface area contributed by atoms with Gasteiger partial charge in [0, 0.05) is 49.1 Å². The van der Waals surface area contributed by atoms with Crippen molar-refractivity contribution in [3.8, 4) is 0 Å². The second kappa shape index (κ2) is 6.88. The summed E-state index contributed by atoms with van der Waals surface area (Å²) >= 11 is 0. The summed E-state index contributed by atoms with van der Waals surface area (Å²) in [5.74, 6) is -0.483. The van der Waals surface area contributed by atoms with Gasteiger partial charge in [0.1, 0.15) is 5.82 Å². The van der Waals surface area contributed by atoms with Crippen LogP contribution >= 0.6 is 0 Å². The third-order valence-corrected chi connectivity index (χ3v) is 4.41. The molecular formula is C18H18FN3O3. The maximum Gasteiger partial charge on any atom is 0.269 e. The lowest BCUT2D eigenvalue weighted by molar-refractivity contribution is -0.384. The Labute approximate surface area is 144 Å². The van der Waals surface area contributed by atoms with Gasteiger partial charge in [-0.25, -0.2) is 4.39 Å². The lowest BCUT2D eigenvalue weighted by Crippen LogP contribution is -2.54. The number of halogens is 1. The number of rotatable bonds is 3. The van der Waals surface area contributed by atoms with E-state index in [-0.39, 0.29) is 23.5 Å². The number of anilines is 1. The zero-order valence-electron chi connectivity index (χ0n) is 13.8. The quantitative estimate of drug-likeness (QED) is 0.634. The van der Waals surface area contributed by atoms with E-state index < -0.39 is 4.92 Å². The summed E-state index contributed by atoms with van der Waals surface area (Å²) in [6, 6.07) is 11.9. The average molecular weight is 343 g/mol. The van der Waals surface area contributed by atoms with Crippen molar-refractivity contribution in [2.75, 3.05) is 24.5 Å². The first-order valence-electron chi connectivity index (χ1n) is 8.01. The molecule has 0 spiro atoms. The predicted octanol–water partition coefficient (Wildman–Crippen LogP) is 3.08. The van der Waals surface area contributed by atoms with Crippen LogP contribution in [0.15, 0.2) is 48.5 Å². The molecule has 1 fully saturated rings. The van der Waals surface area contributed by atoms with Crippen molar-refractivity contribution in [1.82, 2.24) is 4.90 Å². The Kier molecular flexibility index (Phi) is 4.65. The molecule has 0 bridgehead atoms. The van der Waals surface area contributed by atoms with E-state index in [1.165, 1.54) is 36.4 Å². The van der Waals surface area contributed by atoms with Crippen molar-refractivity contribution in [3.63, 3.8) is 0 Å². The van der Waals surface area contributed by atoms with E-state index in [0.717, 1.165) is 5.69 Å². The second-order valence-corrected chi connectivity index (χ2v) is 6.07. The van der Waals surface area contributed by atoms with Crippen molar-refractivity contribution in [2.24, 2.45) is 0 Å². The van der Waals surface area contributed by atoms with E-state index in [1.54, 1.807) is 17.0 Å². The highest BCUT2D eigenvalue weighted by molar-refractivity contribution is 5.94. The number of carbonyl (C=O) groups excluding carboxylic acids is 1. The maximum atomic E-state index is 13.0. The molecule has 1 unspecified atom stereocenters. The molecule has 1 amide bonds. The number of carbonyl (C=O) groups is 1. The molecule has 0 saturated carbocycles. The molecule has 130 valence electrons. The monoisotopic (exact) mass is 343 g/mol. The molecule has 1 heterocycles. The van der Waals surface area contributed by atoms with Crippen molar-refractivity contribution < 1.29 is 14.1 Å². The Morgan fingerprint density at radius 1 is 1.12 bits per heavy atom. The van der Waals surface area contributed by atoms with E-state index in [1.807, 2.05) is 6.92 Å². The molecule has 0 aromatic heterocycles. The van der Waals surface area contributed by atoms with Gasteiger partial charge >= 0.3 is 0 Å². The van der Waals surface area contributed by atoms with E-state index in [4.69, 9.17) is 0 Å². The van der Waals surface area contributed by atoms with Gasteiger partial charge in [0.2, 0.25) is 0 Å². The lowest BCUT2D eigenvalue weighted by atomic mass is 10.1. The van der Waals surface area contributed by atoms with Crippen LogP contribution in [-0.2, 0) is 0 Å². The van der Waals surface area contributed by atoms with Crippen LogP contribution in [0.25, 0.3) is 0 Å². The molecule has 7 heteroatoms. The molecule has 0 N–H and O–H groups in total. The van der Waals surface area contributed by atoms with Crippen molar-refractivity contribution in [2.45, 2.75) is 13.0 Å². The summed E-state index contributed by atoms with van der Waals surface area (Å²) in [5.41, 5.74) is 1.42. The van der Waals surface area contributed by atoms with E-state index in [2.05, 4.69) is 4.90 Å². The first kappa shape index (κ1) is 16.9. The lowest BCUT2D eigenvalue weighted by Gasteiger charge is -2.41. The van der Waals surface area contributed by atoms with Crippen molar-refractivity contribution in [3.05, 3.63) is 70.0 Å². The van der Waals surface area contributed by atoms with Crippen LogP contribution in [0.2, 0.25) is 0 Å². The minimum absolute atomic E-state index is 0.0264. The van der Waals surface area contributed by atoms with Crippen LogP contribution in [0.5, 0.6) is 0 Å². The summed E-state index contributed by atoms with van der Waals surface area (Å²) in [5, 5.41) is 10.7. The van der Waals surface area contributed by atoms with Crippen LogP contribution < -0.4 is 4.90 Å². The van der Waals surface area contributed by atoms with E-state index in [0.29, 0.717) is 25.2 Å². The fourth-order valence-electron chi connectivity index (χ4n) is 3.04. The minimum atomic E-state index is -0.425. The summed E-state index contributed by atoms with van der Waals surface area (Å²) in [6.45, 7) is 3.76. The van der Waals surface area contributed by atoms with Crippen LogP contribution in [-0.4, -0.2) is 41.4 Å². The first-order chi connectivity index (χ1) is 12.0. The van der Waals surface area contributed by atoms with Gasteiger partial charge in [-0.2, -0.15) is 0 Å². The number of non-ortho nitro benzene ring substituents is 1. The Bertz CT molecular complexity index is 777. The molecule has 2 aromatic carbocycles. The van der Waals surface area contributed by atoms with Crippen molar-refractivity contribution in [1.29, 1.82) is 0 Å². The predicted molar refractivity (Wildman–Crippen MR) is 92.2 cm³/mol. The standard InChI is InChI=1S/C18H18FN3O3/c1-13-12-20(16-6-8-17(9-7-16)22(24)25)10-11-21(13)18(23)14-2-4-15(19)5-3-14/h2-9,13H,10-12H2,1H3. The summed E-state index contributed by atoms with van der Waals surface area (Å²) in [4.78, 5) is 26.8. The van der Waals surface area contributed by atoms with E-state index >= 15 is 0 Å². The van der Waals surface area contributed by atoms with Gasteiger partial charge in [0.25, 0.3) is 11.6 Å². The molecule has 1 aliphatic rings. The number of nitro benzene ring substituents is 1. The summed E-state index contributed by atoms with van der Waals surface area (Å²) in [7, 11) is 0. The average Bonchev–Trinajstić information content (AvgIpc) is 2.62. The maximum absolute atomic E-state index is 13.0. The topological polar surface area (TPSA) is 66.7 Å². The van der Waals surface area contributed by atoms with Crippen LogP contribution in [0.1, 0.15) is 17.3 Å². The third-order valence-electron chi connectivity index (χ3n) is 4.41. The molecule has 0 aliphatic carbocycles. The molecule has 1 atom stereocenters. The number of amides is 1. The number of nitro groups is 1. The summed E-state index contributed by atoms with van der Waals surface area (Å²) in [6.07, 6.45) is 0. The highest BCUT2D eigenvalue weighted by atomic mass is 19.1. The molecule has 2 aromatic rings. The fraction of sp³-hybridized carbons (Fsp3) is 0.278. The molecule has 0 radical (unpaired) electrons. The zero-order chi connectivity index (χ0) is 18.0. The van der Waals surface area contributed by atoms with Gasteiger partial charge in [-0.3, -0.25) is 14.9 Å². The van der Waals surface area contributed by atoms with Crippen LogP contribution in [0, 0.1) is 15.9 Å². The number of hydrogen-bond donors (Lipinski definition) is 0. The normalized spacial score (nSPS) is 17.4.